The van der Waals surface area contributed by atoms with E-state index in [0.717, 1.165) is 12.5 Å². The van der Waals surface area contributed by atoms with Crippen LogP contribution in [0.1, 0.15) is 20.3 Å². The molecule has 0 bridgehead atoms. The molecule has 0 radical (unpaired) electrons. The fraction of sp³-hybridized carbons (Fsp3) is 0.900. The molecule has 16 heavy (non-hydrogen) atoms. The van der Waals surface area contributed by atoms with Crippen LogP contribution >= 0.6 is 0 Å². The Kier molecular flexibility index (Phi) is 7.36. The van der Waals surface area contributed by atoms with Gasteiger partial charge in [-0.05, 0) is 32.9 Å². The minimum Gasteiger partial charge on any atom is -0.465 e. The first-order valence-corrected chi connectivity index (χ1v) is 8.19. The highest BCUT2D eigenvalue weighted by Crippen LogP contribution is 2.16. The Morgan fingerprint density at radius 2 is 1.81 bits per heavy atom. The zero-order valence-electron chi connectivity index (χ0n) is 10.7. The molecule has 0 aliphatic heterocycles. The van der Waals surface area contributed by atoms with Crippen molar-refractivity contribution in [3.8, 4) is 0 Å². The van der Waals surface area contributed by atoms with Gasteiger partial charge in [-0.2, -0.15) is 0 Å². The lowest BCUT2D eigenvalue weighted by Crippen LogP contribution is -2.39. The lowest BCUT2D eigenvalue weighted by Gasteiger charge is -2.26. The van der Waals surface area contributed by atoms with Crippen molar-refractivity contribution in [1.29, 1.82) is 0 Å². The minimum atomic E-state index is -2.07. The molecule has 0 aromatic carbocycles. The summed E-state index contributed by atoms with van der Waals surface area (Å²) in [5, 5.41) is 8.69. The fourth-order valence-corrected chi connectivity index (χ4v) is 3.92. The van der Waals surface area contributed by atoms with Crippen molar-refractivity contribution in [3.63, 3.8) is 0 Å². The molecule has 6 heteroatoms. The second-order valence-corrected chi connectivity index (χ2v) is 7.15. The maximum absolute atomic E-state index is 10.6. The molecule has 0 aliphatic rings. The summed E-state index contributed by atoms with van der Waals surface area (Å²) in [5.41, 5.74) is 0. The highest BCUT2D eigenvalue weighted by molar-refractivity contribution is 6.66. The Balaban J connectivity index is 3.97. The molecular weight excluding hydrogens is 226 g/mol. The normalized spacial score (nSPS) is 11.5. The zero-order valence-corrected chi connectivity index (χ0v) is 11.7. The zero-order chi connectivity index (χ0) is 12.6. The van der Waals surface area contributed by atoms with Gasteiger partial charge in [0.1, 0.15) is 0 Å². The van der Waals surface area contributed by atoms with Gasteiger partial charge in [-0.1, -0.05) is 0 Å². The Morgan fingerprint density at radius 1 is 1.31 bits per heavy atom. The molecule has 96 valence electrons. The lowest BCUT2D eigenvalue weighted by molar-refractivity contribution is 0.154. The van der Waals surface area contributed by atoms with Crippen LogP contribution in [0.25, 0.3) is 0 Å². The molecule has 0 saturated heterocycles. The molecule has 0 saturated carbocycles. The molecule has 0 aliphatic carbocycles. The maximum Gasteiger partial charge on any atom is 0.407 e. The van der Waals surface area contributed by atoms with Crippen molar-refractivity contribution in [3.05, 3.63) is 0 Å². The molecule has 0 aromatic heterocycles. The van der Waals surface area contributed by atoms with Gasteiger partial charge in [-0.15, -0.1) is 0 Å². The molecule has 0 fully saturated rings. The van der Waals surface area contributed by atoms with E-state index in [1.165, 1.54) is 4.90 Å². The number of amides is 1. The van der Waals surface area contributed by atoms with Crippen molar-refractivity contribution < 1.29 is 18.8 Å². The Hall–Kier alpha value is -0.593. The summed E-state index contributed by atoms with van der Waals surface area (Å²) in [5.74, 6) is 0. The lowest BCUT2D eigenvalue weighted by atomic mass is 10.4. The third-order valence-corrected chi connectivity index (χ3v) is 5.41. The number of nitrogens with zero attached hydrogens (tertiary/aromatic N) is 1. The molecule has 1 amide bonds. The molecule has 0 rings (SSSR count). The molecular formula is C10H23NO4Si. The Labute approximate surface area is 98.6 Å². The van der Waals surface area contributed by atoms with Gasteiger partial charge in [0, 0.05) is 26.8 Å². The quantitative estimate of drug-likeness (QED) is 0.669. The highest BCUT2D eigenvalue weighted by atomic mass is 28.4. The molecule has 0 atom stereocenters. The largest absolute Gasteiger partial charge is 0.465 e. The van der Waals surface area contributed by atoms with E-state index in [0.29, 0.717) is 19.8 Å². The monoisotopic (exact) mass is 249 g/mol. The summed E-state index contributed by atoms with van der Waals surface area (Å²) in [4.78, 5) is 11.9. The van der Waals surface area contributed by atoms with Gasteiger partial charge >= 0.3 is 14.7 Å². The predicted octanol–water partition coefficient (Wildman–Crippen LogP) is 2.13. The summed E-state index contributed by atoms with van der Waals surface area (Å²) >= 11 is 0. The first-order valence-electron chi connectivity index (χ1n) is 5.67. The molecule has 5 nitrogen and oxygen atoms in total. The van der Waals surface area contributed by atoms with Gasteiger partial charge in [0.05, 0.1) is 0 Å². The molecule has 0 spiro atoms. The van der Waals surface area contributed by atoms with E-state index < -0.39 is 14.7 Å². The van der Waals surface area contributed by atoms with Crippen molar-refractivity contribution in [2.24, 2.45) is 0 Å². The Bertz CT molecular complexity index is 207. The average Bonchev–Trinajstić information content (AvgIpc) is 2.17. The first kappa shape index (κ1) is 15.4. The van der Waals surface area contributed by atoms with Crippen LogP contribution in [0.15, 0.2) is 0 Å². The molecule has 0 unspecified atom stereocenters. The average molecular weight is 249 g/mol. The summed E-state index contributed by atoms with van der Waals surface area (Å²) in [7, 11) is -0.499. The summed E-state index contributed by atoms with van der Waals surface area (Å²) < 4.78 is 11.3. The number of hydrogen-bond acceptors (Lipinski definition) is 3. The van der Waals surface area contributed by atoms with Crippen LogP contribution in [0, 0.1) is 0 Å². The van der Waals surface area contributed by atoms with Gasteiger partial charge in [-0.3, -0.25) is 0 Å². The van der Waals surface area contributed by atoms with Gasteiger partial charge in [-0.25, -0.2) is 4.79 Å². The van der Waals surface area contributed by atoms with Crippen LogP contribution < -0.4 is 0 Å². The second kappa shape index (κ2) is 7.64. The standard InChI is InChI=1S/C10H23NO4Si/c1-5-14-16(4,15-6-2)9-7-8-11(3)10(12)13/h5-9H2,1-4H3,(H,12,13). The van der Waals surface area contributed by atoms with Crippen molar-refractivity contribution >= 4 is 14.7 Å². The number of hydrogen-bond donors (Lipinski definition) is 1. The van der Waals surface area contributed by atoms with Crippen LogP contribution in [-0.2, 0) is 8.85 Å². The SMILES string of the molecule is CCO[Si](C)(CCCN(C)C(=O)O)OCC. The molecule has 0 heterocycles. The predicted molar refractivity (Wildman–Crippen MR) is 64.9 cm³/mol. The van der Waals surface area contributed by atoms with Gasteiger partial charge < -0.3 is 18.9 Å². The fourth-order valence-electron chi connectivity index (χ4n) is 1.53. The smallest absolute Gasteiger partial charge is 0.407 e. The number of carboxylic acid groups (broad SMARTS) is 1. The highest BCUT2D eigenvalue weighted by Gasteiger charge is 2.30. The first-order chi connectivity index (χ1) is 7.45. The van der Waals surface area contributed by atoms with Crippen molar-refractivity contribution in [2.45, 2.75) is 32.9 Å². The van der Waals surface area contributed by atoms with E-state index in [-0.39, 0.29) is 0 Å². The van der Waals surface area contributed by atoms with Crippen LogP contribution in [0.3, 0.4) is 0 Å². The summed E-state index contributed by atoms with van der Waals surface area (Å²) in [6.07, 6.45) is -0.109. The second-order valence-electron chi connectivity index (χ2n) is 3.81. The van der Waals surface area contributed by atoms with Crippen LogP contribution in [0.2, 0.25) is 12.6 Å². The third kappa shape index (κ3) is 6.09. The molecule has 1 N–H and O–H groups in total. The van der Waals surface area contributed by atoms with Crippen LogP contribution in [-0.4, -0.2) is 51.5 Å². The maximum atomic E-state index is 10.6. The van der Waals surface area contributed by atoms with E-state index in [9.17, 15) is 4.79 Å². The van der Waals surface area contributed by atoms with E-state index in [1.54, 1.807) is 7.05 Å². The van der Waals surface area contributed by atoms with Gasteiger partial charge in [0.25, 0.3) is 0 Å². The van der Waals surface area contributed by atoms with E-state index in [4.69, 9.17) is 14.0 Å². The summed E-state index contributed by atoms with van der Waals surface area (Å²) in [6, 6.07) is 0.826. The molecule has 0 aromatic rings. The van der Waals surface area contributed by atoms with E-state index in [1.807, 2.05) is 20.4 Å². The van der Waals surface area contributed by atoms with E-state index >= 15 is 0 Å². The van der Waals surface area contributed by atoms with Crippen LogP contribution in [0.5, 0.6) is 0 Å². The number of carbonyl (C=O) groups is 1. The van der Waals surface area contributed by atoms with Crippen molar-refractivity contribution in [1.82, 2.24) is 4.90 Å². The van der Waals surface area contributed by atoms with Crippen molar-refractivity contribution in [2.75, 3.05) is 26.8 Å². The van der Waals surface area contributed by atoms with Gasteiger partial charge in [0.2, 0.25) is 0 Å². The number of rotatable bonds is 8. The van der Waals surface area contributed by atoms with Crippen LogP contribution in [0.4, 0.5) is 4.79 Å². The summed E-state index contributed by atoms with van der Waals surface area (Å²) in [6.45, 7) is 7.76. The topological polar surface area (TPSA) is 59.0 Å². The minimum absolute atomic E-state index is 0.526. The van der Waals surface area contributed by atoms with Gasteiger partial charge in [0.15, 0.2) is 0 Å². The Morgan fingerprint density at radius 3 is 2.19 bits per heavy atom. The van der Waals surface area contributed by atoms with E-state index in [2.05, 4.69) is 0 Å². The third-order valence-electron chi connectivity index (χ3n) is 2.35.